The van der Waals surface area contributed by atoms with Gasteiger partial charge in [0.25, 0.3) is 11.6 Å². The quantitative estimate of drug-likeness (QED) is 0.460. The summed E-state index contributed by atoms with van der Waals surface area (Å²) in [5, 5.41) is 17.3. The molecule has 0 aliphatic rings. The van der Waals surface area contributed by atoms with Gasteiger partial charge in [-0.25, -0.2) is 5.43 Å². The lowest BCUT2D eigenvalue weighted by Crippen LogP contribution is -2.25. The molecule has 7 nitrogen and oxygen atoms in total. The van der Waals surface area contributed by atoms with Crippen LogP contribution in [-0.2, 0) is 4.79 Å². The molecule has 2 aromatic carbocycles. The third-order valence-corrected chi connectivity index (χ3v) is 3.33. The van der Waals surface area contributed by atoms with Gasteiger partial charge in [-0.3, -0.25) is 14.9 Å². The predicted molar refractivity (Wildman–Crippen MR) is 91.5 cm³/mol. The highest BCUT2D eigenvalue weighted by molar-refractivity contribution is 9.10. The number of carbonyl (C=O) groups excluding carboxylic acids is 1. The number of hydrogen-bond acceptors (Lipinski definition) is 5. The first-order chi connectivity index (χ1) is 11.0. The van der Waals surface area contributed by atoms with Gasteiger partial charge in [-0.2, -0.15) is 5.10 Å². The number of benzene rings is 2. The average Bonchev–Trinajstić information content (AvgIpc) is 2.55. The lowest BCUT2D eigenvalue weighted by molar-refractivity contribution is -0.384. The first kappa shape index (κ1) is 16.6. The molecule has 0 saturated carbocycles. The minimum Gasteiger partial charge on any atom is -0.376 e. The van der Waals surface area contributed by atoms with E-state index in [1.807, 2.05) is 24.3 Å². The molecule has 1 amide bonds. The van der Waals surface area contributed by atoms with Crippen LogP contribution < -0.4 is 10.7 Å². The zero-order chi connectivity index (χ0) is 16.7. The number of anilines is 1. The predicted octanol–water partition coefficient (Wildman–Crippen LogP) is 2.92. The number of carbonyl (C=O) groups is 1. The molecule has 0 aliphatic heterocycles. The Balaban J connectivity index is 1.79. The van der Waals surface area contributed by atoms with Crippen molar-refractivity contribution in [3.63, 3.8) is 0 Å². The maximum Gasteiger partial charge on any atom is 0.269 e. The summed E-state index contributed by atoms with van der Waals surface area (Å²) in [4.78, 5) is 21.7. The second-order valence-electron chi connectivity index (χ2n) is 4.50. The summed E-state index contributed by atoms with van der Waals surface area (Å²) in [7, 11) is 0. The van der Waals surface area contributed by atoms with E-state index < -0.39 is 4.92 Å². The molecule has 0 aliphatic carbocycles. The van der Waals surface area contributed by atoms with Crippen LogP contribution in [0.5, 0.6) is 0 Å². The summed E-state index contributed by atoms with van der Waals surface area (Å²) in [6, 6.07) is 13.3. The molecule has 0 atom stereocenters. The van der Waals surface area contributed by atoms with Crippen LogP contribution >= 0.6 is 15.9 Å². The third-order valence-electron chi connectivity index (χ3n) is 2.80. The number of hydrazone groups is 1. The Bertz CT molecular complexity index is 715. The average molecular weight is 377 g/mol. The largest absolute Gasteiger partial charge is 0.376 e. The van der Waals surface area contributed by atoms with Crippen LogP contribution in [-0.4, -0.2) is 23.6 Å². The maximum absolute atomic E-state index is 11.6. The van der Waals surface area contributed by atoms with E-state index in [1.54, 1.807) is 12.1 Å². The fourth-order valence-corrected chi connectivity index (χ4v) is 1.91. The van der Waals surface area contributed by atoms with Gasteiger partial charge in [-0.1, -0.05) is 15.9 Å². The molecule has 2 N–H and O–H groups in total. The van der Waals surface area contributed by atoms with Gasteiger partial charge < -0.3 is 5.32 Å². The Hall–Kier alpha value is -2.74. The Labute approximate surface area is 140 Å². The van der Waals surface area contributed by atoms with Crippen molar-refractivity contribution in [1.82, 2.24) is 5.43 Å². The molecule has 0 aromatic heterocycles. The molecular weight excluding hydrogens is 364 g/mol. The van der Waals surface area contributed by atoms with E-state index in [0.29, 0.717) is 5.56 Å². The van der Waals surface area contributed by atoms with E-state index in [9.17, 15) is 14.9 Å². The second kappa shape index (κ2) is 8.04. The number of rotatable bonds is 6. The van der Waals surface area contributed by atoms with Crippen molar-refractivity contribution in [2.45, 2.75) is 0 Å². The van der Waals surface area contributed by atoms with Gasteiger partial charge in [0.15, 0.2) is 0 Å². The van der Waals surface area contributed by atoms with Crippen molar-refractivity contribution in [3.05, 3.63) is 68.7 Å². The van der Waals surface area contributed by atoms with E-state index >= 15 is 0 Å². The van der Waals surface area contributed by atoms with Crippen molar-refractivity contribution < 1.29 is 9.72 Å². The van der Waals surface area contributed by atoms with Crippen molar-refractivity contribution in [1.29, 1.82) is 0 Å². The Morgan fingerprint density at radius 1 is 1.17 bits per heavy atom. The molecule has 118 valence electrons. The Morgan fingerprint density at radius 2 is 1.83 bits per heavy atom. The molecule has 8 heteroatoms. The number of nitro benzene ring substituents is 1. The molecule has 0 bridgehead atoms. The first-order valence-electron chi connectivity index (χ1n) is 6.60. The van der Waals surface area contributed by atoms with E-state index in [1.165, 1.54) is 18.3 Å². The van der Waals surface area contributed by atoms with Gasteiger partial charge in [0.1, 0.15) is 0 Å². The van der Waals surface area contributed by atoms with Crippen LogP contribution in [0.1, 0.15) is 5.56 Å². The summed E-state index contributed by atoms with van der Waals surface area (Å²) in [5.74, 6) is -0.300. The molecule has 0 fully saturated rings. The molecule has 2 rings (SSSR count). The lowest BCUT2D eigenvalue weighted by atomic mass is 10.2. The molecule has 0 spiro atoms. The van der Waals surface area contributed by atoms with Gasteiger partial charge >= 0.3 is 0 Å². The zero-order valence-corrected chi connectivity index (χ0v) is 13.5. The van der Waals surface area contributed by atoms with Crippen molar-refractivity contribution >= 4 is 39.4 Å². The number of nitro groups is 1. The summed E-state index contributed by atoms with van der Waals surface area (Å²) >= 11 is 3.33. The molecule has 2 aromatic rings. The lowest BCUT2D eigenvalue weighted by Gasteiger charge is -2.05. The number of nitrogens with one attached hydrogen (secondary N) is 2. The SMILES string of the molecule is O=C(CNc1ccc(Br)cc1)NN=Cc1ccc([N+](=O)[O-])cc1. The van der Waals surface area contributed by atoms with E-state index in [4.69, 9.17) is 0 Å². The molecule has 0 heterocycles. The van der Waals surface area contributed by atoms with Gasteiger partial charge in [0, 0.05) is 22.3 Å². The minimum atomic E-state index is -0.476. The summed E-state index contributed by atoms with van der Waals surface area (Å²) < 4.78 is 0.959. The van der Waals surface area contributed by atoms with Gasteiger partial charge in [-0.05, 0) is 42.0 Å². The van der Waals surface area contributed by atoms with Crippen LogP contribution in [0.2, 0.25) is 0 Å². The summed E-state index contributed by atoms with van der Waals surface area (Å²) in [6.45, 7) is 0.0826. The van der Waals surface area contributed by atoms with Gasteiger partial charge in [0.05, 0.1) is 17.7 Å². The highest BCUT2D eigenvalue weighted by atomic mass is 79.9. The molecule has 0 radical (unpaired) electrons. The zero-order valence-electron chi connectivity index (χ0n) is 11.9. The highest BCUT2D eigenvalue weighted by Gasteiger charge is 2.03. The maximum atomic E-state index is 11.6. The molecule has 23 heavy (non-hydrogen) atoms. The Kier molecular flexibility index (Phi) is 5.81. The van der Waals surface area contributed by atoms with E-state index in [-0.39, 0.29) is 18.1 Å². The van der Waals surface area contributed by atoms with Crippen molar-refractivity contribution in [2.75, 3.05) is 11.9 Å². The molecule has 0 saturated heterocycles. The topological polar surface area (TPSA) is 96.6 Å². The monoisotopic (exact) mass is 376 g/mol. The summed E-state index contributed by atoms with van der Waals surface area (Å²) in [5.41, 5.74) is 3.85. The number of hydrogen-bond donors (Lipinski definition) is 2. The van der Waals surface area contributed by atoms with Crippen LogP contribution in [0.25, 0.3) is 0 Å². The van der Waals surface area contributed by atoms with Crippen LogP contribution in [0.3, 0.4) is 0 Å². The number of halogens is 1. The summed E-state index contributed by atoms with van der Waals surface area (Å²) in [6.07, 6.45) is 1.42. The standard InChI is InChI=1S/C15H13BrN4O3/c16-12-3-5-13(6-4-12)17-10-15(21)19-18-9-11-1-7-14(8-2-11)20(22)23/h1-9,17H,10H2,(H,19,21). The van der Waals surface area contributed by atoms with Gasteiger partial charge in [-0.15, -0.1) is 0 Å². The molecular formula is C15H13BrN4O3. The highest BCUT2D eigenvalue weighted by Crippen LogP contribution is 2.13. The van der Waals surface area contributed by atoms with E-state index in [0.717, 1.165) is 10.2 Å². The fraction of sp³-hybridized carbons (Fsp3) is 0.0667. The number of nitrogens with zero attached hydrogens (tertiary/aromatic N) is 2. The smallest absolute Gasteiger partial charge is 0.269 e. The van der Waals surface area contributed by atoms with Crippen LogP contribution in [0, 0.1) is 10.1 Å². The van der Waals surface area contributed by atoms with Crippen LogP contribution in [0.4, 0.5) is 11.4 Å². The fourth-order valence-electron chi connectivity index (χ4n) is 1.65. The van der Waals surface area contributed by atoms with Gasteiger partial charge in [0.2, 0.25) is 0 Å². The normalized spacial score (nSPS) is 10.5. The third kappa shape index (κ3) is 5.51. The van der Waals surface area contributed by atoms with Crippen molar-refractivity contribution in [3.8, 4) is 0 Å². The minimum absolute atomic E-state index is 0.00452. The number of amides is 1. The Morgan fingerprint density at radius 3 is 2.43 bits per heavy atom. The first-order valence-corrected chi connectivity index (χ1v) is 7.40. The molecule has 0 unspecified atom stereocenters. The van der Waals surface area contributed by atoms with Crippen LogP contribution in [0.15, 0.2) is 58.1 Å². The van der Waals surface area contributed by atoms with Crippen molar-refractivity contribution in [2.24, 2.45) is 5.10 Å². The van der Waals surface area contributed by atoms with E-state index in [2.05, 4.69) is 31.8 Å². The second-order valence-corrected chi connectivity index (χ2v) is 5.42. The number of non-ortho nitro benzene ring substituents is 1.